The highest BCUT2D eigenvalue weighted by atomic mass is 35.5. The molecule has 0 aliphatic heterocycles. The predicted molar refractivity (Wildman–Crippen MR) is 103 cm³/mol. The number of nitrogens with one attached hydrogen (secondary N) is 2. The van der Waals surface area contributed by atoms with E-state index < -0.39 is 5.41 Å². The summed E-state index contributed by atoms with van der Waals surface area (Å²) in [5, 5.41) is 6.22. The van der Waals surface area contributed by atoms with Gasteiger partial charge in [0.25, 0.3) is 0 Å². The van der Waals surface area contributed by atoms with Gasteiger partial charge in [0.2, 0.25) is 11.8 Å². The summed E-state index contributed by atoms with van der Waals surface area (Å²) < 4.78 is 5.28. The molecule has 26 heavy (non-hydrogen) atoms. The maximum atomic E-state index is 12.8. The molecule has 0 heterocycles. The first-order valence-electron chi connectivity index (χ1n) is 8.39. The Kier molecular flexibility index (Phi) is 4.92. The maximum absolute atomic E-state index is 12.8. The van der Waals surface area contributed by atoms with Crippen molar-refractivity contribution in [1.82, 2.24) is 0 Å². The third-order valence-electron chi connectivity index (χ3n) is 4.65. The molecule has 3 rings (SSSR count). The van der Waals surface area contributed by atoms with Gasteiger partial charge < -0.3 is 15.4 Å². The number of ether oxygens (including phenoxy) is 1. The van der Waals surface area contributed by atoms with Crippen molar-refractivity contribution >= 4 is 34.8 Å². The number of carbonyl (C=O) groups is 2. The van der Waals surface area contributed by atoms with Gasteiger partial charge in [0.05, 0.1) is 12.8 Å². The Labute approximate surface area is 157 Å². The highest BCUT2D eigenvalue weighted by molar-refractivity contribution is 6.31. The van der Waals surface area contributed by atoms with Crippen LogP contribution in [0, 0.1) is 19.3 Å². The summed E-state index contributed by atoms with van der Waals surface area (Å²) in [6.07, 6.45) is 1.02. The van der Waals surface area contributed by atoms with Gasteiger partial charge in [-0.25, -0.2) is 0 Å². The van der Waals surface area contributed by atoms with Crippen LogP contribution in [0.3, 0.4) is 0 Å². The van der Waals surface area contributed by atoms with E-state index in [2.05, 4.69) is 10.6 Å². The first kappa shape index (κ1) is 18.3. The van der Waals surface area contributed by atoms with Gasteiger partial charge in [0, 0.05) is 10.7 Å². The van der Waals surface area contributed by atoms with Crippen LogP contribution in [0.5, 0.6) is 5.75 Å². The van der Waals surface area contributed by atoms with E-state index in [9.17, 15) is 9.59 Å². The zero-order valence-corrected chi connectivity index (χ0v) is 15.7. The molecule has 0 aromatic heterocycles. The van der Waals surface area contributed by atoms with Crippen LogP contribution < -0.4 is 15.4 Å². The number of benzene rings is 2. The van der Waals surface area contributed by atoms with Gasteiger partial charge in [0.1, 0.15) is 11.2 Å². The second-order valence-electron chi connectivity index (χ2n) is 6.66. The van der Waals surface area contributed by atoms with Crippen molar-refractivity contribution in [1.29, 1.82) is 0 Å². The summed E-state index contributed by atoms with van der Waals surface area (Å²) in [4.78, 5) is 25.5. The van der Waals surface area contributed by atoms with Crippen LogP contribution in [0.25, 0.3) is 0 Å². The number of halogens is 1. The highest BCUT2D eigenvalue weighted by Gasteiger charge is 2.56. The van der Waals surface area contributed by atoms with Gasteiger partial charge in [-0.15, -0.1) is 0 Å². The average molecular weight is 373 g/mol. The lowest BCUT2D eigenvalue weighted by molar-refractivity contribution is -0.131. The average Bonchev–Trinajstić information content (AvgIpc) is 3.40. The largest absolute Gasteiger partial charge is 0.495 e. The van der Waals surface area contributed by atoms with Gasteiger partial charge in [-0.05, 0) is 62.1 Å². The van der Waals surface area contributed by atoms with E-state index in [0.29, 0.717) is 35.0 Å². The van der Waals surface area contributed by atoms with Crippen molar-refractivity contribution in [2.24, 2.45) is 5.41 Å². The number of rotatable bonds is 5. The number of carbonyl (C=O) groups excluding carboxylic acids is 2. The minimum absolute atomic E-state index is 0.318. The lowest BCUT2D eigenvalue weighted by atomic mass is 10.0. The van der Waals surface area contributed by atoms with Gasteiger partial charge in [-0.2, -0.15) is 0 Å². The third-order valence-corrected chi connectivity index (χ3v) is 5.06. The molecule has 1 aliphatic carbocycles. The Hall–Kier alpha value is -2.53. The molecule has 0 saturated heterocycles. The summed E-state index contributed by atoms with van der Waals surface area (Å²) in [5.41, 5.74) is 2.01. The van der Waals surface area contributed by atoms with E-state index in [1.165, 1.54) is 0 Å². The first-order chi connectivity index (χ1) is 12.4. The summed E-state index contributed by atoms with van der Waals surface area (Å²) in [7, 11) is 1.54. The molecule has 1 aliphatic rings. The molecule has 136 valence electrons. The lowest BCUT2D eigenvalue weighted by Gasteiger charge is -2.17. The number of hydrogen-bond donors (Lipinski definition) is 2. The number of amides is 2. The van der Waals surface area contributed by atoms with E-state index in [0.717, 1.165) is 11.1 Å². The van der Waals surface area contributed by atoms with E-state index in [-0.39, 0.29) is 11.8 Å². The van der Waals surface area contributed by atoms with E-state index in [1.807, 2.05) is 32.0 Å². The number of hydrogen-bond acceptors (Lipinski definition) is 3. The molecule has 0 radical (unpaired) electrons. The van der Waals surface area contributed by atoms with Crippen molar-refractivity contribution in [3.8, 4) is 5.75 Å². The molecular formula is C20H21ClN2O3. The summed E-state index contributed by atoms with van der Waals surface area (Å²) in [6.45, 7) is 3.81. The van der Waals surface area contributed by atoms with Crippen LogP contribution in [-0.4, -0.2) is 18.9 Å². The topological polar surface area (TPSA) is 67.4 Å². The predicted octanol–water partition coefficient (Wildman–Crippen LogP) is 4.32. The van der Waals surface area contributed by atoms with Gasteiger partial charge >= 0.3 is 0 Å². The molecule has 0 unspecified atom stereocenters. The molecule has 2 N–H and O–H groups in total. The Balaban J connectivity index is 1.75. The standard InChI is InChI=1S/C20H21ClN2O3/c1-12-4-7-17(26-3)16(10-12)23-19(25)20(8-9-20)18(24)22-14-6-5-13(2)15(21)11-14/h4-7,10-11H,8-9H2,1-3H3,(H,22,24)(H,23,25). The minimum atomic E-state index is -1.05. The number of anilines is 2. The minimum Gasteiger partial charge on any atom is -0.495 e. The fourth-order valence-electron chi connectivity index (χ4n) is 2.77. The van der Waals surface area contributed by atoms with Crippen molar-refractivity contribution in [2.45, 2.75) is 26.7 Å². The molecular weight excluding hydrogens is 352 g/mol. The third kappa shape index (κ3) is 3.53. The van der Waals surface area contributed by atoms with Crippen LogP contribution >= 0.6 is 11.6 Å². The van der Waals surface area contributed by atoms with Gasteiger partial charge in [-0.3, -0.25) is 9.59 Å². The second-order valence-corrected chi connectivity index (χ2v) is 7.07. The molecule has 6 heteroatoms. The lowest BCUT2D eigenvalue weighted by Crippen LogP contribution is -2.35. The molecule has 1 fully saturated rings. The Morgan fingerprint density at radius 1 is 1.04 bits per heavy atom. The molecule has 1 saturated carbocycles. The zero-order chi connectivity index (χ0) is 18.9. The zero-order valence-electron chi connectivity index (χ0n) is 15.0. The van der Waals surface area contributed by atoms with Crippen molar-refractivity contribution in [3.05, 3.63) is 52.5 Å². The Morgan fingerprint density at radius 2 is 1.73 bits per heavy atom. The van der Waals surface area contributed by atoms with E-state index in [1.54, 1.807) is 25.3 Å². The summed E-state index contributed by atoms with van der Waals surface area (Å²) >= 11 is 6.10. The molecule has 0 atom stereocenters. The highest BCUT2D eigenvalue weighted by Crippen LogP contribution is 2.48. The van der Waals surface area contributed by atoms with E-state index >= 15 is 0 Å². The first-order valence-corrected chi connectivity index (χ1v) is 8.77. The Morgan fingerprint density at radius 3 is 2.35 bits per heavy atom. The number of aryl methyl sites for hydroxylation is 2. The van der Waals surface area contributed by atoms with Crippen LogP contribution in [0.4, 0.5) is 11.4 Å². The molecule has 5 nitrogen and oxygen atoms in total. The molecule has 2 aromatic carbocycles. The molecule has 0 bridgehead atoms. The van der Waals surface area contributed by atoms with Crippen LogP contribution in [0.15, 0.2) is 36.4 Å². The molecule has 2 amide bonds. The quantitative estimate of drug-likeness (QED) is 0.768. The van der Waals surface area contributed by atoms with Crippen LogP contribution in [0.2, 0.25) is 5.02 Å². The fourth-order valence-corrected chi connectivity index (χ4v) is 2.95. The van der Waals surface area contributed by atoms with Crippen molar-refractivity contribution < 1.29 is 14.3 Å². The molecule has 2 aromatic rings. The van der Waals surface area contributed by atoms with Crippen molar-refractivity contribution in [2.75, 3.05) is 17.7 Å². The van der Waals surface area contributed by atoms with Crippen molar-refractivity contribution in [3.63, 3.8) is 0 Å². The monoisotopic (exact) mass is 372 g/mol. The smallest absolute Gasteiger partial charge is 0.240 e. The summed E-state index contributed by atoms with van der Waals surface area (Å²) in [6, 6.07) is 10.8. The van der Waals surface area contributed by atoms with Gasteiger partial charge in [0.15, 0.2) is 0 Å². The molecule has 0 spiro atoms. The summed E-state index contributed by atoms with van der Waals surface area (Å²) in [5.74, 6) is -0.0795. The second kappa shape index (κ2) is 7.00. The normalized spacial score (nSPS) is 14.5. The van der Waals surface area contributed by atoms with Crippen LogP contribution in [0.1, 0.15) is 24.0 Å². The van der Waals surface area contributed by atoms with E-state index in [4.69, 9.17) is 16.3 Å². The fraction of sp³-hybridized carbons (Fsp3) is 0.300. The van der Waals surface area contributed by atoms with Crippen LogP contribution in [-0.2, 0) is 9.59 Å². The SMILES string of the molecule is COc1ccc(C)cc1NC(=O)C1(C(=O)Nc2ccc(C)c(Cl)c2)CC1. The van der Waals surface area contributed by atoms with Gasteiger partial charge in [-0.1, -0.05) is 23.7 Å². The number of methoxy groups -OCH3 is 1. The Bertz CT molecular complexity index is 875. The maximum Gasteiger partial charge on any atom is 0.240 e.